The predicted octanol–water partition coefficient (Wildman–Crippen LogP) is 5.93. The maximum absolute atomic E-state index is 11.1. The van der Waals surface area contributed by atoms with Gasteiger partial charge in [0.1, 0.15) is 0 Å². The molecule has 0 bridgehead atoms. The van der Waals surface area contributed by atoms with E-state index < -0.39 is 0 Å². The summed E-state index contributed by atoms with van der Waals surface area (Å²) in [7, 11) is 1.48. The van der Waals surface area contributed by atoms with Crippen molar-refractivity contribution in [3.63, 3.8) is 0 Å². The molecule has 0 atom stereocenters. The molecule has 3 heteroatoms. The Balaban J connectivity index is 3.01. The molecule has 0 spiro atoms. The lowest BCUT2D eigenvalue weighted by Gasteiger charge is -2.04. The molecule has 0 aliphatic carbocycles. The molecule has 0 unspecified atom stereocenters. The van der Waals surface area contributed by atoms with Crippen molar-refractivity contribution in [2.75, 3.05) is 7.11 Å². The number of hydrogen-bond acceptors (Lipinski definition) is 2. The van der Waals surface area contributed by atoms with Crippen LogP contribution in [0.4, 0.5) is 0 Å². The van der Waals surface area contributed by atoms with Crippen LogP contribution in [0.5, 0.6) is 0 Å². The summed E-state index contributed by atoms with van der Waals surface area (Å²) in [6, 6.07) is 0. The first-order valence-electron chi connectivity index (χ1n) is 9.63. The van der Waals surface area contributed by atoms with E-state index in [0.717, 1.165) is 12.8 Å². The van der Waals surface area contributed by atoms with Crippen LogP contribution in [0.25, 0.3) is 0 Å². The lowest BCUT2D eigenvalue weighted by molar-refractivity contribution is -0.131. The Labute approximate surface area is 138 Å². The molecule has 0 heterocycles. The molecule has 0 saturated carbocycles. The van der Waals surface area contributed by atoms with Gasteiger partial charge in [0.05, 0.1) is 7.11 Å². The van der Waals surface area contributed by atoms with Gasteiger partial charge in [0.2, 0.25) is 5.91 Å². The zero-order valence-corrected chi connectivity index (χ0v) is 15.1. The number of rotatable bonds is 17. The molecule has 0 aromatic carbocycles. The average Bonchev–Trinajstić information content (AvgIpc) is 2.51. The average molecular weight is 314 g/mol. The van der Waals surface area contributed by atoms with E-state index in [1.807, 2.05) is 0 Å². The summed E-state index contributed by atoms with van der Waals surface area (Å²) in [5, 5.41) is 0. The van der Waals surface area contributed by atoms with E-state index in [9.17, 15) is 4.79 Å². The molecule has 0 fully saturated rings. The fourth-order valence-corrected chi connectivity index (χ4v) is 2.82. The summed E-state index contributed by atoms with van der Waals surface area (Å²) in [6.45, 7) is 2.28. The maximum atomic E-state index is 11.1. The predicted molar refractivity (Wildman–Crippen MR) is 94.7 cm³/mol. The quantitative estimate of drug-likeness (QED) is 0.267. The molecule has 22 heavy (non-hydrogen) atoms. The minimum absolute atomic E-state index is 0.00260. The summed E-state index contributed by atoms with van der Waals surface area (Å²) >= 11 is 0. The van der Waals surface area contributed by atoms with Crippen molar-refractivity contribution in [1.29, 1.82) is 0 Å². The summed E-state index contributed by atoms with van der Waals surface area (Å²) in [5.41, 5.74) is 2.36. The van der Waals surface area contributed by atoms with E-state index >= 15 is 0 Å². The van der Waals surface area contributed by atoms with Crippen LogP contribution in [0.1, 0.15) is 110 Å². The van der Waals surface area contributed by atoms with E-state index in [-0.39, 0.29) is 5.91 Å². The van der Waals surface area contributed by atoms with E-state index in [1.54, 1.807) is 0 Å². The van der Waals surface area contributed by atoms with Gasteiger partial charge in [-0.25, -0.2) is 5.48 Å². The lowest BCUT2D eigenvalue weighted by atomic mass is 10.0. The summed E-state index contributed by atoms with van der Waals surface area (Å²) in [4.78, 5) is 15.7. The van der Waals surface area contributed by atoms with E-state index in [0.29, 0.717) is 6.42 Å². The number of carbonyl (C=O) groups excluding carboxylic acids is 1. The Hall–Kier alpha value is -0.570. The van der Waals surface area contributed by atoms with E-state index in [2.05, 4.69) is 17.2 Å². The standard InChI is InChI=1S/C19H39NO2/c1-3-4-5-6-7-8-9-10-11-12-13-14-15-16-17-18-19(21)20-22-2/h3-18H2,1-2H3,(H,20,21). The molecule has 3 nitrogen and oxygen atoms in total. The van der Waals surface area contributed by atoms with Crippen molar-refractivity contribution in [2.45, 2.75) is 110 Å². The molecule has 0 saturated heterocycles. The Morgan fingerprint density at radius 2 is 1.05 bits per heavy atom. The molecule has 1 N–H and O–H groups in total. The fraction of sp³-hybridized carbons (Fsp3) is 0.947. The van der Waals surface area contributed by atoms with Gasteiger partial charge in [-0.1, -0.05) is 96.8 Å². The van der Waals surface area contributed by atoms with Crippen molar-refractivity contribution in [3.8, 4) is 0 Å². The van der Waals surface area contributed by atoms with Gasteiger partial charge in [-0.15, -0.1) is 0 Å². The van der Waals surface area contributed by atoms with Gasteiger partial charge >= 0.3 is 0 Å². The van der Waals surface area contributed by atoms with Crippen molar-refractivity contribution < 1.29 is 9.63 Å². The second-order valence-corrected chi connectivity index (χ2v) is 6.43. The first-order chi connectivity index (χ1) is 10.8. The molecule has 132 valence electrons. The molecule has 0 radical (unpaired) electrons. The molecule has 0 aliphatic heterocycles. The Kier molecular flexibility index (Phi) is 18.0. The van der Waals surface area contributed by atoms with Crippen LogP contribution in [0, 0.1) is 0 Å². The Morgan fingerprint density at radius 3 is 1.41 bits per heavy atom. The zero-order chi connectivity index (χ0) is 16.3. The first-order valence-corrected chi connectivity index (χ1v) is 9.63. The molecule has 0 rings (SSSR count). The summed E-state index contributed by atoms with van der Waals surface area (Å²) in [6.07, 6.45) is 20.8. The fourth-order valence-electron chi connectivity index (χ4n) is 2.82. The number of hydrogen-bond donors (Lipinski definition) is 1. The highest BCUT2D eigenvalue weighted by molar-refractivity contribution is 5.74. The van der Waals surface area contributed by atoms with Crippen molar-refractivity contribution in [3.05, 3.63) is 0 Å². The normalized spacial score (nSPS) is 10.8. The summed E-state index contributed by atoms with van der Waals surface area (Å²) < 4.78 is 0. The third-order valence-corrected chi connectivity index (χ3v) is 4.22. The van der Waals surface area contributed by atoms with Crippen molar-refractivity contribution in [1.82, 2.24) is 5.48 Å². The molecule has 1 amide bonds. The molecule has 0 aromatic heterocycles. The zero-order valence-electron chi connectivity index (χ0n) is 15.1. The van der Waals surface area contributed by atoms with Crippen LogP contribution in [-0.2, 0) is 9.63 Å². The van der Waals surface area contributed by atoms with Crippen molar-refractivity contribution in [2.24, 2.45) is 0 Å². The lowest BCUT2D eigenvalue weighted by Crippen LogP contribution is -2.21. The van der Waals surface area contributed by atoms with Crippen LogP contribution < -0.4 is 5.48 Å². The maximum Gasteiger partial charge on any atom is 0.243 e. The molecular weight excluding hydrogens is 274 g/mol. The Bertz CT molecular complexity index is 231. The minimum atomic E-state index is -0.00260. The van der Waals surface area contributed by atoms with Crippen LogP contribution in [0.2, 0.25) is 0 Å². The SMILES string of the molecule is CCCCCCCCCCCCCCCCCC(=O)NOC. The van der Waals surface area contributed by atoms with Crippen LogP contribution in [0.3, 0.4) is 0 Å². The van der Waals surface area contributed by atoms with Gasteiger partial charge in [-0.05, 0) is 6.42 Å². The van der Waals surface area contributed by atoms with E-state index in [4.69, 9.17) is 0 Å². The number of amides is 1. The third-order valence-electron chi connectivity index (χ3n) is 4.22. The van der Waals surface area contributed by atoms with Gasteiger partial charge < -0.3 is 0 Å². The topological polar surface area (TPSA) is 38.3 Å². The van der Waals surface area contributed by atoms with Gasteiger partial charge in [-0.3, -0.25) is 9.63 Å². The highest BCUT2D eigenvalue weighted by atomic mass is 16.6. The second-order valence-electron chi connectivity index (χ2n) is 6.43. The van der Waals surface area contributed by atoms with Gasteiger partial charge in [0, 0.05) is 6.42 Å². The highest BCUT2D eigenvalue weighted by Crippen LogP contribution is 2.13. The van der Waals surface area contributed by atoms with E-state index in [1.165, 1.54) is 90.6 Å². The minimum Gasteiger partial charge on any atom is -0.277 e. The first kappa shape index (κ1) is 21.4. The monoisotopic (exact) mass is 313 g/mol. The Morgan fingerprint density at radius 1 is 0.682 bits per heavy atom. The third kappa shape index (κ3) is 17.5. The number of carbonyl (C=O) groups is 1. The number of unbranched alkanes of at least 4 members (excludes halogenated alkanes) is 14. The molecule has 0 aliphatic rings. The molecular formula is C19H39NO2. The largest absolute Gasteiger partial charge is 0.277 e. The summed E-state index contributed by atoms with van der Waals surface area (Å²) in [5.74, 6) is -0.00260. The van der Waals surface area contributed by atoms with Gasteiger partial charge in [0.15, 0.2) is 0 Å². The van der Waals surface area contributed by atoms with Gasteiger partial charge in [-0.2, -0.15) is 0 Å². The van der Waals surface area contributed by atoms with Crippen molar-refractivity contribution >= 4 is 5.91 Å². The van der Waals surface area contributed by atoms with Crippen LogP contribution >= 0.6 is 0 Å². The van der Waals surface area contributed by atoms with Crippen LogP contribution in [-0.4, -0.2) is 13.0 Å². The highest BCUT2D eigenvalue weighted by Gasteiger charge is 1.99. The second kappa shape index (κ2) is 18.5. The van der Waals surface area contributed by atoms with Crippen LogP contribution in [0.15, 0.2) is 0 Å². The number of nitrogens with one attached hydrogen (secondary N) is 1. The molecule has 0 aromatic rings. The smallest absolute Gasteiger partial charge is 0.243 e. The number of hydroxylamine groups is 1. The van der Waals surface area contributed by atoms with Gasteiger partial charge in [0.25, 0.3) is 0 Å².